The average Bonchev–Trinajstić information content (AvgIpc) is 2.36. The van der Waals surface area contributed by atoms with Gasteiger partial charge in [0.1, 0.15) is 5.60 Å². The highest BCUT2D eigenvalue weighted by Gasteiger charge is 2.38. The zero-order valence-electron chi connectivity index (χ0n) is 12.3. The van der Waals surface area contributed by atoms with Gasteiger partial charge in [-0.2, -0.15) is 0 Å². The minimum absolute atomic E-state index is 0.326. The van der Waals surface area contributed by atoms with Crippen LogP contribution in [0.3, 0.4) is 0 Å². The first-order valence-corrected chi connectivity index (χ1v) is 7.33. The largest absolute Gasteiger partial charge is 0.481 e. The smallest absolute Gasteiger partial charge is 0.310 e. The Kier molecular flexibility index (Phi) is 5.83. The first kappa shape index (κ1) is 16.0. The molecule has 0 bridgehead atoms. The number of esters is 1. The van der Waals surface area contributed by atoms with Crippen molar-refractivity contribution in [1.29, 1.82) is 0 Å². The van der Waals surface area contributed by atoms with E-state index in [1.54, 1.807) is 0 Å². The number of rotatable bonds is 6. The van der Waals surface area contributed by atoms with E-state index in [-0.39, 0.29) is 5.97 Å². The van der Waals surface area contributed by atoms with E-state index in [0.29, 0.717) is 12.8 Å². The maximum absolute atomic E-state index is 12.2. The molecule has 0 amide bonds. The fraction of sp³-hybridized carbons (Fsp3) is 0.867. The molecule has 0 spiro atoms. The molecular formula is C15H26O4. The summed E-state index contributed by atoms with van der Waals surface area (Å²) in [5.74, 6) is -2.23. The molecule has 0 aliphatic heterocycles. The van der Waals surface area contributed by atoms with Crippen molar-refractivity contribution >= 4 is 11.9 Å². The Morgan fingerprint density at radius 3 is 2.32 bits per heavy atom. The molecule has 1 fully saturated rings. The molecule has 1 aliphatic carbocycles. The summed E-state index contributed by atoms with van der Waals surface area (Å²) < 4.78 is 5.56. The first-order chi connectivity index (χ1) is 8.87. The summed E-state index contributed by atoms with van der Waals surface area (Å²) in [6, 6.07) is 0. The predicted octanol–water partition coefficient (Wildman–Crippen LogP) is 3.39. The van der Waals surface area contributed by atoms with Gasteiger partial charge in [-0.3, -0.25) is 9.59 Å². The topological polar surface area (TPSA) is 63.6 Å². The summed E-state index contributed by atoms with van der Waals surface area (Å²) in [5.41, 5.74) is -0.492. The van der Waals surface area contributed by atoms with E-state index in [2.05, 4.69) is 6.92 Å². The van der Waals surface area contributed by atoms with Crippen molar-refractivity contribution in [3.8, 4) is 0 Å². The Morgan fingerprint density at radius 1 is 1.21 bits per heavy atom. The molecule has 2 atom stereocenters. The molecule has 0 heterocycles. The highest BCUT2D eigenvalue weighted by Crippen LogP contribution is 2.33. The van der Waals surface area contributed by atoms with E-state index in [9.17, 15) is 14.7 Å². The van der Waals surface area contributed by atoms with Gasteiger partial charge in [0.2, 0.25) is 0 Å². The Morgan fingerprint density at radius 2 is 1.79 bits per heavy atom. The van der Waals surface area contributed by atoms with E-state index in [0.717, 1.165) is 32.1 Å². The highest BCUT2D eigenvalue weighted by atomic mass is 16.6. The van der Waals surface area contributed by atoms with Crippen LogP contribution in [-0.4, -0.2) is 22.6 Å². The molecule has 1 aliphatic rings. The van der Waals surface area contributed by atoms with Crippen LogP contribution in [-0.2, 0) is 14.3 Å². The lowest BCUT2D eigenvalue weighted by Gasteiger charge is -2.31. The SMILES string of the molecule is CCCCC(C)(C)OC(=O)C1CCCCC1C(=O)O. The second-order valence-corrected chi connectivity index (χ2v) is 6.12. The van der Waals surface area contributed by atoms with E-state index >= 15 is 0 Å². The number of hydrogen-bond acceptors (Lipinski definition) is 3. The monoisotopic (exact) mass is 270 g/mol. The maximum atomic E-state index is 12.2. The fourth-order valence-corrected chi connectivity index (χ4v) is 2.71. The molecule has 110 valence electrons. The van der Waals surface area contributed by atoms with Gasteiger partial charge >= 0.3 is 11.9 Å². The van der Waals surface area contributed by atoms with Crippen LogP contribution in [0, 0.1) is 11.8 Å². The minimum Gasteiger partial charge on any atom is -0.481 e. The molecule has 0 aromatic carbocycles. The number of carbonyl (C=O) groups excluding carboxylic acids is 1. The number of aliphatic carboxylic acids is 1. The van der Waals surface area contributed by atoms with Crippen molar-refractivity contribution in [2.45, 2.75) is 71.3 Å². The molecule has 4 heteroatoms. The zero-order valence-corrected chi connectivity index (χ0v) is 12.3. The Labute approximate surface area is 115 Å². The van der Waals surface area contributed by atoms with Crippen LogP contribution in [0.5, 0.6) is 0 Å². The number of carboxylic acid groups (broad SMARTS) is 1. The third-order valence-electron chi connectivity index (χ3n) is 3.90. The molecule has 0 radical (unpaired) electrons. The van der Waals surface area contributed by atoms with Crippen molar-refractivity contribution in [1.82, 2.24) is 0 Å². The average molecular weight is 270 g/mol. The van der Waals surface area contributed by atoms with Crippen molar-refractivity contribution in [2.75, 3.05) is 0 Å². The van der Waals surface area contributed by atoms with Crippen LogP contribution in [0.1, 0.15) is 65.7 Å². The van der Waals surface area contributed by atoms with Crippen LogP contribution >= 0.6 is 0 Å². The molecule has 2 unspecified atom stereocenters. The molecule has 1 rings (SSSR count). The van der Waals surface area contributed by atoms with E-state index in [4.69, 9.17) is 4.74 Å². The van der Waals surface area contributed by atoms with Crippen LogP contribution < -0.4 is 0 Å². The van der Waals surface area contributed by atoms with Crippen molar-refractivity contribution in [3.05, 3.63) is 0 Å². The predicted molar refractivity (Wildman–Crippen MR) is 72.8 cm³/mol. The van der Waals surface area contributed by atoms with Crippen molar-refractivity contribution < 1.29 is 19.4 Å². The quantitative estimate of drug-likeness (QED) is 0.751. The van der Waals surface area contributed by atoms with Gasteiger partial charge in [-0.15, -0.1) is 0 Å². The van der Waals surface area contributed by atoms with Gasteiger partial charge in [0.05, 0.1) is 11.8 Å². The van der Waals surface area contributed by atoms with E-state index in [1.807, 2.05) is 13.8 Å². The highest BCUT2D eigenvalue weighted by molar-refractivity contribution is 5.81. The second-order valence-electron chi connectivity index (χ2n) is 6.12. The van der Waals surface area contributed by atoms with Gasteiger partial charge < -0.3 is 9.84 Å². The lowest BCUT2D eigenvalue weighted by molar-refractivity contribution is -0.170. The van der Waals surface area contributed by atoms with Gasteiger partial charge in [0, 0.05) is 0 Å². The molecule has 0 aromatic heterocycles. The lowest BCUT2D eigenvalue weighted by atomic mass is 9.79. The van der Waals surface area contributed by atoms with Crippen LogP contribution in [0.2, 0.25) is 0 Å². The number of carboxylic acids is 1. The fourth-order valence-electron chi connectivity index (χ4n) is 2.71. The minimum atomic E-state index is -0.868. The van der Waals surface area contributed by atoms with Gasteiger partial charge in [0.15, 0.2) is 0 Å². The second kappa shape index (κ2) is 6.92. The molecule has 1 saturated carbocycles. The third-order valence-corrected chi connectivity index (χ3v) is 3.90. The van der Waals surface area contributed by atoms with Crippen LogP contribution in [0.15, 0.2) is 0 Å². The summed E-state index contributed by atoms with van der Waals surface area (Å²) in [6.07, 6.45) is 5.91. The zero-order chi connectivity index (χ0) is 14.5. The number of carbonyl (C=O) groups is 2. The lowest BCUT2D eigenvalue weighted by Crippen LogP contribution is -2.38. The molecule has 0 saturated heterocycles. The Balaban J connectivity index is 2.62. The van der Waals surface area contributed by atoms with Gasteiger partial charge in [-0.25, -0.2) is 0 Å². The summed E-state index contributed by atoms with van der Waals surface area (Å²) in [5, 5.41) is 9.19. The summed E-state index contributed by atoms with van der Waals surface area (Å²) >= 11 is 0. The molecular weight excluding hydrogens is 244 g/mol. The van der Waals surface area contributed by atoms with Crippen molar-refractivity contribution in [3.63, 3.8) is 0 Å². The molecule has 0 aromatic rings. The van der Waals surface area contributed by atoms with E-state index in [1.165, 1.54) is 0 Å². The molecule has 4 nitrogen and oxygen atoms in total. The summed E-state index contributed by atoms with van der Waals surface area (Å²) in [4.78, 5) is 23.4. The van der Waals surface area contributed by atoms with Gasteiger partial charge in [-0.05, 0) is 39.5 Å². The molecule has 19 heavy (non-hydrogen) atoms. The van der Waals surface area contributed by atoms with Crippen LogP contribution in [0.25, 0.3) is 0 Å². The van der Waals surface area contributed by atoms with Gasteiger partial charge in [0.25, 0.3) is 0 Å². The van der Waals surface area contributed by atoms with E-state index < -0.39 is 23.4 Å². The van der Waals surface area contributed by atoms with Gasteiger partial charge in [-0.1, -0.05) is 26.2 Å². The Hall–Kier alpha value is -1.06. The number of ether oxygens (including phenoxy) is 1. The Bertz CT molecular complexity index is 322. The number of hydrogen-bond donors (Lipinski definition) is 1. The number of unbranched alkanes of at least 4 members (excludes halogenated alkanes) is 1. The first-order valence-electron chi connectivity index (χ1n) is 7.33. The maximum Gasteiger partial charge on any atom is 0.310 e. The standard InChI is InChI=1S/C15H26O4/c1-4-5-10-15(2,3)19-14(18)12-9-7-6-8-11(12)13(16)17/h11-12H,4-10H2,1-3H3,(H,16,17). The van der Waals surface area contributed by atoms with Crippen LogP contribution in [0.4, 0.5) is 0 Å². The van der Waals surface area contributed by atoms with Crippen molar-refractivity contribution in [2.24, 2.45) is 11.8 Å². The summed E-state index contributed by atoms with van der Waals surface area (Å²) in [7, 11) is 0. The third kappa shape index (κ3) is 4.84. The summed E-state index contributed by atoms with van der Waals surface area (Å²) in [6.45, 7) is 5.90. The molecule has 1 N–H and O–H groups in total. The normalized spacial score (nSPS) is 23.9.